The smallest absolute Gasteiger partial charge is 0.364 e. The predicted octanol–water partition coefficient (Wildman–Crippen LogP) is -4.07. The topological polar surface area (TPSA) is 85.0 Å². The summed E-state index contributed by atoms with van der Waals surface area (Å²) in [5, 5.41) is 9.08. The van der Waals surface area contributed by atoms with Crippen molar-refractivity contribution in [2.75, 3.05) is 47.5 Å². The van der Waals surface area contributed by atoms with Gasteiger partial charge in [-0.05, 0) is 0 Å². The Morgan fingerprint density at radius 1 is 1.31 bits per heavy atom. The molecular formula is C8H20ClN3O4. The Balaban J connectivity index is 0. The normalized spacial score (nSPS) is 10.8. The molecule has 0 aliphatic heterocycles. The quantitative estimate of drug-likeness (QED) is 0.359. The highest BCUT2D eigenvalue weighted by Crippen LogP contribution is 1.95. The van der Waals surface area contributed by atoms with E-state index in [4.69, 9.17) is 20.5 Å². The Kier molecular flexibility index (Phi) is 9.49. The van der Waals surface area contributed by atoms with Gasteiger partial charge in [-0.25, -0.2) is 14.5 Å². The van der Waals surface area contributed by atoms with Crippen molar-refractivity contribution in [3.05, 3.63) is 0 Å². The molecule has 3 N–H and O–H groups in total. The molecule has 16 heavy (non-hydrogen) atoms. The van der Waals surface area contributed by atoms with Crippen molar-refractivity contribution < 1.29 is 36.5 Å². The molecular weight excluding hydrogens is 238 g/mol. The lowest BCUT2D eigenvalue weighted by atomic mass is 10.5. The van der Waals surface area contributed by atoms with Gasteiger partial charge < -0.3 is 27.7 Å². The molecule has 7 nitrogen and oxygen atoms in total. The Morgan fingerprint density at radius 3 is 2.19 bits per heavy atom. The van der Waals surface area contributed by atoms with Crippen LogP contribution in [0.4, 0.5) is 4.79 Å². The number of aliphatic hydroxyl groups excluding tert-OH is 1. The summed E-state index contributed by atoms with van der Waals surface area (Å²) in [6.07, 6.45) is 0. The van der Waals surface area contributed by atoms with E-state index in [1.807, 2.05) is 21.1 Å². The lowest BCUT2D eigenvalue weighted by Crippen LogP contribution is -3.00. The Morgan fingerprint density at radius 2 is 1.81 bits per heavy atom. The van der Waals surface area contributed by atoms with Crippen molar-refractivity contribution in [3.8, 4) is 0 Å². The third-order valence-corrected chi connectivity index (χ3v) is 1.45. The van der Waals surface area contributed by atoms with Gasteiger partial charge in [-0.15, -0.1) is 0 Å². The maximum atomic E-state index is 10.8. The molecule has 0 bridgehead atoms. The maximum absolute atomic E-state index is 10.8. The molecule has 0 aliphatic rings. The summed E-state index contributed by atoms with van der Waals surface area (Å²) in [7, 11) is 5.98. The van der Waals surface area contributed by atoms with E-state index in [-0.39, 0.29) is 25.6 Å². The van der Waals surface area contributed by atoms with Crippen LogP contribution in [0.15, 0.2) is 0 Å². The van der Waals surface area contributed by atoms with Crippen molar-refractivity contribution in [1.82, 2.24) is 5.23 Å². The molecule has 0 fully saturated rings. The van der Waals surface area contributed by atoms with Crippen LogP contribution in [-0.2, 0) is 9.68 Å². The Labute approximate surface area is 102 Å². The maximum Gasteiger partial charge on any atom is 0.364 e. The SMILES string of the molecule is C[N+](C)(C)CCON(OCCO)C(N)=O.[Cl-]. The number of hydroxylamine groups is 2. The third kappa shape index (κ3) is 9.94. The monoisotopic (exact) mass is 257 g/mol. The first kappa shape index (κ1) is 17.8. The lowest BCUT2D eigenvalue weighted by Gasteiger charge is -2.25. The first-order valence-corrected chi connectivity index (χ1v) is 4.63. The van der Waals surface area contributed by atoms with E-state index in [0.29, 0.717) is 22.9 Å². The molecule has 0 rings (SSSR count). The second-order valence-electron chi connectivity index (χ2n) is 4.00. The molecule has 0 aliphatic carbocycles. The minimum Gasteiger partial charge on any atom is -1.00 e. The van der Waals surface area contributed by atoms with Crippen LogP contribution >= 0.6 is 0 Å². The molecule has 0 heterocycles. The van der Waals surface area contributed by atoms with Crippen LogP contribution < -0.4 is 18.1 Å². The second kappa shape index (κ2) is 8.54. The lowest BCUT2D eigenvalue weighted by molar-refractivity contribution is -0.871. The first-order chi connectivity index (χ1) is 6.87. The zero-order valence-electron chi connectivity index (χ0n) is 9.85. The number of aliphatic hydroxyl groups is 1. The Bertz CT molecular complexity index is 198. The van der Waals surface area contributed by atoms with Crippen LogP contribution in [0.3, 0.4) is 0 Å². The van der Waals surface area contributed by atoms with Crippen LogP contribution in [0.5, 0.6) is 0 Å². The van der Waals surface area contributed by atoms with Gasteiger partial charge in [0.2, 0.25) is 0 Å². The predicted molar refractivity (Wildman–Crippen MR) is 53.3 cm³/mol. The molecule has 0 unspecified atom stereocenters. The standard InChI is InChI=1S/C8H19N3O4.ClH/c1-11(2,3)4-6-14-10(8(9)13)15-7-5-12;/h12H,4-7H2,1-3H3,(H-,9,13);1H. The average molecular weight is 258 g/mol. The summed E-state index contributed by atoms with van der Waals surface area (Å²) < 4.78 is 0.701. The Hall–Kier alpha value is -0.600. The minimum absolute atomic E-state index is 0. The number of carbonyl (C=O) groups excluding carboxylic acids is 1. The van der Waals surface area contributed by atoms with Gasteiger partial charge in [-0.1, -0.05) is 5.23 Å². The van der Waals surface area contributed by atoms with Gasteiger partial charge >= 0.3 is 6.03 Å². The number of halogens is 1. The second-order valence-corrected chi connectivity index (χ2v) is 4.00. The van der Waals surface area contributed by atoms with Crippen LogP contribution in [0.1, 0.15) is 0 Å². The van der Waals surface area contributed by atoms with E-state index in [9.17, 15) is 4.79 Å². The van der Waals surface area contributed by atoms with Gasteiger partial charge in [0, 0.05) is 0 Å². The van der Waals surface area contributed by atoms with Gasteiger partial charge in [-0.3, -0.25) is 0 Å². The molecule has 0 radical (unpaired) electrons. The number of amides is 2. The highest BCUT2D eigenvalue weighted by atomic mass is 35.5. The van der Waals surface area contributed by atoms with Crippen LogP contribution in [-0.4, -0.2) is 68.4 Å². The summed E-state index contributed by atoms with van der Waals surface area (Å²) in [5.41, 5.74) is 4.98. The highest BCUT2D eigenvalue weighted by molar-refractivity contribution is 5.69. The fraction of sp³-hybridized carbons (Fsp3) is 0.875. The fourth-order valence-corrected chi connectivity index (χ4v) is 0.686. The van der Waals surface area contributed by atoms with Crippen molar-refractivity contribution in [2.24, 2.45) is 5.73 Å². The number of likely N-dealkylation sites (N-methyl/N-ethyl adjacent to an activating group) is 1. The molecule has 0 aromatic carbocycles. The van der Waals surface area contributed by atoms with E-state index in [0.717, 1.165) is 0 Å². The summed E-state index contributed by atoms with van der Waals surface area (Å²) in [6.45, 7) is 0.764. The number of nitrogens with two attached hydrogens (primary N) is 1. The summed E-state index contributed by atoms with van der Waals surface area (Å²) in [5.74, 6) is 0. The van der Waals surface area contributed by atoms with Gasteiger partial charge in [0.1, 0.15) is 19.8 Å². The number of rotatable bonds is 7. The number of nitrogens with zero attached hydrogens (tertiary/aromatic N) is 2. The van der Waals surface area contributed by atoms with E-state index >= 15 is 0 Å². The van der Waals surface area contributed by atoms with E-state index < -0.39 is 6.03 Å². The number of quaternary nitrogens is 1. The van der Waals surface area contributed by atoms with Gasteiger partial charge in [0.15, 0.2) is 0 Å². The molecule has 0 aromatic rings. The van der Waals surface area contributed by atoms with Crippen LogP contribution in [0.25, 0.3) is 0 Å². The van der Waals surface area contributed by atoms with Crippen molar-refractivity contribution in [1.29, 1.82) is 0 Å². The van der Waals surface area contributed by atoms with Gasteiger partial charge in [-0.2, -0.15) is 0 Å². The number of primary amides is 1. The van der Waals surface area contributed by atoms with E-state index in [2.05, 4.69) is 0 Å². The molecule has 0 saturated carbocycles. The zero-order valence-corrected chi connectivity index (χ0v) is 10.6. The van der Waals surface area contributed by atoms with Gasteiger partial charge in [0.05, 0.1) is 27.7 Å². The molecule has 8 heteroatoms. The molecule has 0 spiro atoms. The summed E-state index contributed by atoms with van der Waals surface area (Å²) in [4.78, 5) is 20.5. The molecule has 2 amide bonds. The fourth-order valence-electron chi connectivity index (χ4n) is 0.686. The minimum atomic E-state index is -0.843. The van der Waals surface area contributed by atoms with Crippen molar-refractivity contribution >= 4 is 6.03 Å². The van der Waals surface area contributed by atoms with E-state index in [1.54, 1.807) is 0 Å². The average Bonchev–Trinajstić information content (AvgIpc) is 2.08. The molecule has 0 saturated heterocycles. The van der Waals surface area contributed by atoms with Crippen LogP contribution in [0, 0.1) is 0 Å². The van der Waals surface area contributed by atoms with Crippen LogP contribution in [0.2, 0.25) is 0 Å². The number of hydrogen-bond acceptors (Lipinski definition) is 4. The van der Waals surface area contributed by atoms with Crippen molar-refractivity contribution in [3.63, 3.8) is 0 Å². The number of carbonyl (C=O) groups is 1. The highest BCUT2D eigenvalue weighted by Gasteiger charge is 2.14. The van der Waals surface area contributed by atoms with Crippen molar-refractivity contribution in [2.45, 2.75) is 0 Å². The largest absolute Gasteiger partial charge is 1.00 e. The number of hydrogen-bond donors (Lipinski definition) is 2. The molecule has 98 valence electrons. The zero-order chi connectivity index (χ0) is 11.9. The first-order valence-electron chi connectivity index (χ1n) is 4.63. The van der Waals surface area contributed by atoms with Gasteiger partial charge in [0.25, 0.3) is 0 Å². The summed E-state index contributed by atoms with van der Waals surface area (Å²) >= 11 is 0. The number of urea groups is 1. The molecule has 0 atom stereocenters. The van der Waals surface area contributed by atoms with E-state index in [1.165, 1.54) is 0 Å². The summed E-state index contributed by atoms with van der Waals surface area (Å²) in [6, 6.07) is -0.843. The molecule has 0 aromatic heterocycles. The third-order valence-electron chi connectivity index (χ3n) is 1.45.